The van der Waals surface area contributed by atoms with Crippen molar-refractivity contribution >= 4 is 38.1 Å². The van der Waals surface area contributed by atoms with E-state index in [4.69, 9.17) is 15.2 Å². The van der Waals surface area contributed by atoms with Crippen LogP contribution in [0, 0.1) is 5.92 Å². The van der Waals surface area contributed by atoms with Crippen molar-refractivity contribution in [2.75, 3.05) is 25.6 Å². The van der Waals surface area contributed by atoms with Crippen LogP contribution >= 0.6 is 9.24 Å². The number of hydrogen-bond donors (Lipinski definition) is 2. The van der Waals surface area contributed by atoms with Gasteiger partial charge in [-0.15, -0.1) is 9.24 Å². The number of benzene rings is 1. The standard InChI is InChI=1S/C21H25NO4.C6H9N2P.2C2H6/c1-15(2)13-26-21(24)14-25-19-5-3-4-17(8-9-19)20-10-16(12-23)6-7-18(20)11-22;1-7-5-2-3-8-4-6(5)9;2*1-2/h3-8,10,12,15H,9,11,13-14,22H2,1-2H3;2-4H,9H2,1H3,(H,7,8);2*1-2H3. The molecule has 3 rings (SSSR count). The lowest BCUT2D eigenvalue weighted by Crippen LogP contribution is -2.15. The highest BCUT2D eigenvalue weighted by molar-refractivity contribution is 7.28. The molecule has 1 aliphatic carbocycles. The molecule has 0 aliphatic heterocycles. The maximum atomic E-state index is 11.7. The van der Waals surface area contributed by atoms with Crippen molar-refractivity contribution in [3.8, 4) is 0 Å². The number of anilines is 1. The van der Waals surface area contributed by atoms with Crippen molar-refractivity contribution in [1.29, 1.82) is 0 Å². The molecule has 1 unspecified atom stereocenters. The van der Waals surface area contributed by atoms with Gasteiger partial charge in [-0.1, -0.05) is 71.9 Å². The molecule has 0 radical (unpaired) electrons. The number of rotatable bonds is 9. The summed E-state index contributed by atoms with van der Waals surface area (Å²) in [4.78, 5) is 26.7. The van der Waals surface area contributed by atoms with Gasteiger partial charge < -0.3 is 20.5 Å². The van der Waals surface area contributed by atoms with Gasteiger partial charge in [0.2, 0.25) is 0 Å². The van der Waals surface area contributed by atoms with E-state index < -0.39 is 0 Å². The molecule has 3 N–H and O–H groups in total. The average Bonchev–Trinajstić information content (AvgIpc) is 3.23. The molecule has 214 valence electrons. The molecule has 1 aliphatic rings. The number of carbonyl (C=O) groups is 2. The predicted molar refractivity (Wildman–Crippen MR) is 167 cm³/mol. The van der Waals surface area contributed by atoms with Crippen LogP contribution in [0.5, 0.6) is 0 Å². The summed E-state index contributed by atoms with van der Waals surface area (Å²) in [7, 11) is 4.50. The smallest absolute Gasteiger partial charge is 0.344 e. The first-order chi connectivity index (χ1) is 18.9. The second-order valence-electron chi connectivity index (χ2n) is 8.17. The van der Waals surface area contributed by atoms with E-state index in [9.17, 15) is 9.59 Å². The molecule has 1 aromatic heterocycles. The summed E-state index contributed by atoms with van der Waals surface area (Å²) in [6.07, 6.45) is 12.5. The monoisotopic (exact) mass is 555 g/mol. The van der Waals surface area contributed by atoms with Gasteiger partial charge in [0.1, 0.15) is 12.0 Å². The maximum Gasteiger partial charge on any atom is 0.344 e. The van der Waals surface area contributed by atoms with Crippen LogP contribution in [0.3, 0.4) is 0 Å². The van der Waals surface area contributed by atoms with Crippen molar-refractivity contribution in [3.63, 3.8) is 0 Å². The number of pyridine rings is 1. The summed E-state index contributed by atoms with van der Waals surface area (Å²) < 4.78 is 10.7. The summed E-state index contributed by atoms with van der Waals surface area (Å²) >= 11 is 0. The molecule has 1 aromatic carbocycles. The van der Waals surface area contributed by atoms with E-state index in [1.54, 1.807) is 18.5 Å². The van der Waals surface area contributed by atoms with E-state index in [-0.39, 0.29) is 12.6 Å². The molecule has 1 atom stereocenters. The van der Waals surface area contributed by atoms with Gasteiger partial charge in [-0.3, -0.25) is 9.78 Å². The van der Waals surface area contributed by atoms with Crippen LogP contribution in [0.4, 0.5) is 5.69 Å². The van der Waals surface area contributed by atoms with Gasteiger partial charge in [0.25, 0.3) is 0 Å². The fourth-order valence-electron chi connectivity index (χ4n) is 3.11. The van der Waals surface area contributed by atoms with Crippen molar-refractivity contribution in [2.45, 2.75) is 54.5 Å². The Balaban J connectivity index is 0.000000924. The third kappa shape index (κ3) is 13.9. The Labute approximate surface area is 237 Å². The normalized spacial score (nSPS) is 11.5. The largest absolute Gasteiger partial charge is 0.486 e. The van der Waals surface area contributed by atoms with Crippen molar-refractivity contribution in [2.24, 2.45) is 11.7 Å². The topological polar surface area (TPSA) is 104 Å². The minimum absolute atomic E-state index is 0.107. The lowest BCUT2D eigenvalue weighted by Gasteiger charge is -2.11. The van der Waals surface area contributed by atoms with Crippen molar-refractivity contribution in [3.05, 3.63) is 83.4 Å². The Morgan fingerprint density at radius 2 is 1.92 bits per heavy atom. The van der Waals surface area contributed by atoms with Crippen LogP contribution in [0.1, 0.15) is 69.4 Å². The van der Waals surface area contributed by atoms with E-state index in [1.165, 1.54) is 0 Å². The predicted octanol–water partition coefficient (Wildman–Crippen LogP) is 6.08. The maximum absolute atomic E-state index is 11.7. The van der Waals surface area contributed by atoms with Crippen LogP contribution in [-0.2, 0) is 20.8 Å². The molecule has 0 bridgehead atoms. The molecule has 8 heteroatoms. The minimum atomic E-state index is -0.374. The molecule has 0 amide bonds. The molecule has 2 aromatic rings. The third-order valence-corrected chi connectivity index (χ3v) is 5.42. The molecule has 0 saturated carbocycles. The molecule has 7 nitrogen and oxygen atoms in total. The fourth-order valence-corrected chi connectivity index (χ4v) is 3.44. The quantitative estimate of drug-likeness (QED) is 0.220. The summed E-state index contributed by atoms with van der Waals surface area (Å²) in [5.74, 6) is 0.600. The van der Waals surface area contributed by atoms with E-state index in [0.717, 1.165) is 34.0 Å². The zero-order chi connectivity index (χ0) is 29.6. The number of allylic oxidation sites excluding steroid dienone is 5. The number of hydrogen-bond acceptors (Lipinski definition) is 7. The highest BCUT2D eigenvalue weighted by Crippen LogP contribution is 2.25. The Morgan fingerprint density at radius 1 is 1.21 bits per heavy atom. The zero-order valence-corrected chi connectivity index (χ0v) is 25.6. The van der Waals surface area contributed by atoms with Gasteiger partial charge >= 0.3 is 5.97 Å². The van der Waals surface area contributed by atoms with Gasteiger partial charge in [0, 0.05) is 49.0 Å². The van der Waals surface area contributed by atoms with Gasteiger partial charge in [-0.2, -0.15) is 0 Å². The van der Waals surface area contributed by atoms with Crippen molar-refractivity contribution in [1.82, 2.24) is 4.98 Å². The number of carbonyl (C=O) groups excluding carboxylic acids is 2. The number of nitrogens with one attached hydrogen (secondary N) is 1. The Bertz CT molecular complexity index is 1090. The summed E-state index contributed by atoms with van der Waals surface area (Å²) in [6, 6.07) is 7.40. The summed E-state index contributed by atoms with van der Waals surface area (Å²) in [5, 5.41) is 4.13. The van der Waals surface area contributed by atoms with E-state index >= 15 is 0 Å². The fraction of sp³-hybridized carbons (Fsp3) is 0.387. The number of esters is 1. The molecular formula is C31H46N3O4P. The first-order valence-corrected chi connectivity index (χ1v) is 14.0. The zero-order valence-electron chi connectivity index (χ0n) is 24.5. The lowest BCUT2D eigenvalue weighted by atomic mass is 9.96. The molecule has 0 saturated heterocycles. The minimum Gasteiger partial charge on any atom is -0.486 e. The number of nitrogens with zero attached hydrogens (tertiary/aromatic N) is 1. The van der Waals surface area contributed by atoms with E-state index in [1.807, 2.05) is 91.1 Å². The Kier molecular flexibility index (Phi) is 19.8. The number of ether oxygens (including phenoxy) is 2. The molecule has 1 heterocycles. The molecule has 39 heavy (non-hydrogen) atoms. The molecular weight excluding hydrogens is 509 g/mol. The van der Waals surface area contributed by atoms with Gasteiger partial charge in [0.15, 0.2) is 6.61 Å². The van der Waals surface area contributed by atoms with E-state index in [2.05, 4.69) is 19.5 Å². The highest BCUT2D eigenvalue weighted by atomic mass is 31.0. The third-order valence-electron chi connectivity index (χ3n) is 4.96. The van der Waals surface area contributed by atoms with Crippen LogP contribution < -0.4 is 16.4 Å². The second-order valence-corrected chi connectivity index (χ2v) is 8.79. The summed E-state index contributed by atoms with van der Waals surface area (Å²) in [5.41, 5.74) is 10.4. The van der Waals surface area contributed by atoms with Crippen molar-refractivity contribution < 1.29 is 19.1 Å². The summed E-state index contributed by atoms with van der Waals surface area (Å²) in [6.45, 7) is 12.6. The molecule has 0 spiro atoms. The van der Waals surface area contributed by atoms with Crippen LogP contribution in [0.15, 0.2) is 66.7 Å². The average molecular weight is 556 g/mol. The van der Waals surface area contributed by atoms with Gasteiger partial charge in [-0.25, -0.2) is 4.79 Å². The Morgan fingerprint density at radius 3 is 2.49 bits per heavy atom. The number of aromatic nitrogens is 1. The van der Waals surface area contributed by atoms with Gasteiger partial charge in [-0.05, 0) is 40.8 Å². The van der Waals surface area contributed by atoms with Crippen LogP contribution in [-0.4, -0.2) is 37.5 Å². The lowest BCUT2D eigenvalue weighted by molar-refractivity contribution is -0.148. The second kappa shape index (κ2) is 21.6. The van der Waals surface area contributed by atoms with Crippen LogP contribution in [0.25, 0.3) is 5.57 Å². The van der Waals surface area contributed by atoms with E-state index in [0.29, 0.717) is 36.8 Å². The van der Waals surface area contributed by atoms with Crippen LogP contribution in [0.2, 0.25) is 0 Å². The molecule has 0 fully saturated rings. The first-order valence-electron chi connectivity index (χ1n) is 13.4. The number of aldehydes is 1. The SMILES string of the molecule is CC.CC.CC(C)COC(=O)COC1=CC=CC(c2cc(C=O)ccc2CN)=CC1.CNc1ccncc1P. The number of nitrogens with two attached hydrogens (primary N) is 1. The first kappa shape index (κ1) is 35.7. The van der Waals surface area contributed by atoms with Gasteiger partial charge in [0.05, 0.1) is 6.61 Å². The highest BCUT2D eigenvalue weighted by Gasteiger charge is 2.11. The Hall–Kier alpha value is -3.28.